The summed E-state index contributed by atoms with van der Waals surface area (Å²) in [6.45, 7) is 3.15. The molecule has 2 aromatic rings. The van der Waals surface area contributed by atoms with Crippen LogP contribution in [0.15, 0.2) is 42.5 Å². The van der Waals surface area contributed by atoms with Crippen molar-refractivity contribution in [2.75, 3.05) is 26.1 Å². The Morgan fingerprint density at radius 3 is 2.21 bits per heavy atom. The van der Waals surface area contributed by atoms with Crippen molar-refractivity contribution in [3.63, 3.8) is 0 Å². The molecule has 2 N–H and O–H groups in total. The lowest BCUT2D eigenvalue weighted by atomic mass is 9.91. The van der Waals surface area contributed by atoms with Gasteiger partial charge in [0.05, 0.1) is 14.2 Å². The lowest BCUT2D eigenvalue weighted by Gasteiger charge is -2.22. The van der Waals surface area contributed by atoms with Gasteiger partial charge in [-0.1, -0.05) is 29.8 Å². The molecule has 3 rings (SSSR count). The van der Waals surface area contributed by atoms with Crippen LogP contribution in [-0.2, 0) is 15.1 Å². The van der Waals surface area contributed by atoms with E-state index in [4.69, 9.17) is 9.47 Å². The zero-order valence-corrected chi connectivity index (χ0v) is 16.7. The van der Waals surface area contributed by atoms with Crippen molar-refractivity contribution in [2.24, 2.45) is 0 Å². The Hall–Kier alpha value is -3.55. The van der Waals surface area contributed by atoms with Crippen LogP contribution < -0.4 is 20.1 Å². The molecule has 0 aromatic heterocycles. The molecule has 1 aliphatic heterocycles. The standard InChI is InChI=1S/C21H23N3O5/c1-13-5-7-14(8-6-13)21(2)19(26)24(20(27)23-21)12-18(25)22-15-9-16(28-3)11-17(10-15)29-4/h5-11H,12H2,1-4H3,(H,22,25)(H,23,27)/t21-/m1/s1. The third-order valence-electron chi connectivity index (χ3n) is 4.84. The SMILES string of the molecule is COc1cc(NC(=O)CN2C(=O)N[C@](C)(c3ccc(C)cc3)C2=O)cc(OC)c1. The fourth-order valence-electron chi connectivity index (χ4n) is 3.15. The highest BCUT2D eigenvalue weighted by Gasteiger charge is 2.49. The number of carbonyl (C=O) groups is 3. The fraction of sp³-hybridized carbons (Fsp3) is 0.286. The van der Waals surface area contributed by atoms with E-state index in [9.17, 15) is 14.4 Å². The number of rotatable bonds is 6. The van der Waals surface area contributed by atoms with Crippen molar-refractivity contribution >= 4 is 23.5 Å². The smallest absolute Gasteiger partial charge is 0.325 e. The number of methoxy groups -OCH3 is 2. The van der Waals surface area contributed by atoms with Crippen LogP contribution in [0.5, 0.6) is 11.5 Å². The number of urea groups is 1. The number of hydrogen-bond donors (Lipinski definition) is 2. The molecule has 8 nitrogen and oxygen atoms in total. The van der Waals surface area contributed by atoms with Gasteiger partial charge in [-0.25, -0.2) is 4.79 Å². The van der Waals surface area contributed by atoms with Crippen molar-refractivity contribution in [3.8, 4) is 11.5 Å². The summed E-state index contributed by atoms with van der Waals surface area (Å²) in [7, 11) is 3.00. The summed E-state index contributed by atoms with van der Waals surface area (Å²) in [5, 5.41) is 5.35. The Balaban J connectivity index is 1.75. The number of hydrogen-bond acceptors (Lipinski definition) is 5. The number of imide groups is 1. The monoisotopic (exact) mass is 397 g/mol. The van der Waals surface area contributed by atoms with Gasteiger partial charge >= 0.3 is 6.03 Å². The van der Waals surface area contributed by atoms with E-state index < -0.39 is 29.9 Å². The highest BCUT2D eigenvalue weighted by molar-refractivity contribution is 6.10. The van der Waals surface area contributed by atoms with Gasteiger partial charge in [-0.3, -0.25) is 14.5 Å². The molecule has 2 aromatic carbocycles. The second-order valence-corrected chi connectivity index (χ2v) is 6.96. The van der Waals surface area contributed by atoms with Crippen molar-refractivity contribution in [1.29, 1.82) is 0 Å². The average Bonchev–Trinajstić information content (AvgIpc) is 2.91. The van der Waals surface area contributed by atoms with Gasteiger partial charge in [0.2, 0.25) is 5.91 Å². The zero-order chi connectivity index (χ0) is 21.2. The molecule has 0 radical (unpaired) electrons. The molecule has 1 saturated heterocycles. The first-order chi connectivity index (χ1) is 13.8. The summed E-state index contributed by atoms with van der Waals surface area (Å²) in [5.41, 5.74) is 0.907. The molecular formula is C21H23N3O5. The van der Waals surface area contributed by atoms with E-state index >= 15 is 0 Å². The molecule has 8 heteroatoms. The number of nitrogens with zero attached hydrogens (tertiary/aromatic N) is 1. The molecule has 0 saturated carbocycles. The predicted octanol–water partition coefficient (Wildman–Crippen LogP) is 2.42. The summed E-state index contributed by atoms with van der Waals surface area (Å²) in [6, 6.07) is 11.6. The quantitative estimate of drug-likeness (QED) is 0.730. The third-order valence-corrected chi connectivity index (χ3v) is 4.84. The minimum Gasteiger partial charge on any atom is -0.497 e. The Kier molecular flexibility index (Phi) is 5.45. The molecule has 0 aliphatic carbocycles. The van der Waals surface area contributed by atoms with Gasteiger partial charge in [0.25, 0.3) is 5.91 Å². The lowest BCUT2D eigenvalue weighted by Crippen LogP contribution is -2.42. The Bertz CT molecular complexity index is 935. The highest BCUT2D eigenvalue weighted by Crippen LogP contribution is 2.29. The molecular weight excluding hydrogens is 374 g/mol. The van der Waals surface area contributed by atoms with Crippen LogP contribution in [0.1, 0.15) is 18.1 Å². The van der Waals surface area contributed by atoms with E-state index in [-0.39, 0.29) is 0 Å². The molecule has 152 valence electrons. The third kappa shape index (κ3) is 4.01. The van der Waals surface area contributed by atoms with Gasteiger partial charge in [0, 0.05) is 23.9 Å². The molecule has 1 aliphatic rings. The van der Waals surface area contributed by atoms with Crippen molar-refractivity contribution in [3.05, 3.63) is 53.6 Å². The van der Waals surface area contributed by atoms with Crippen LogP contribution in [0.2, 0.25) is 0 Å². The minimum absolute atomic E-state index is 0.411. The van der Waals surface area contributed by atoms with Crippen LogP contribution in [0.3, 0.4) is 0 Å². The van der Waals surface area contributed by atoms with Crippen LogP contribution in [-0.4, -0.2) is 43.5 Å². The molecule has 1 heterocycles. The topological polar surface area (TPSA) is 97.0 Å². The number of anilines is 1. The van der Waals surface area contributed by atoms with E-state index in [0.717, 1.165) is 10.5 Å². The lowest BCUT2D eigenvalue weighted by molar-refractivity contribution is -0.133. The number of benzene rings is 2. The Morgan fingerprint density at radius 1 is 1.07 bits per heavy atom. The van der Waals surface area contributed by atoms with Crippen molar-refractivity contribution < 1.29 is 23.9 Å². The molecule has 1 fully saturated rings. The summed E-state index contributed by atoms with van der Waals surface area (Å²) in [5.74, 6) is 0.00450. The maximum atomic E-state index is 12.9. The number of ether oxygens (including phenoxy) is 2. The van der Waals surface area contributed by atoms with Gasteiger partial charge in [0.1, 0.15) is 23.6 Å². The summed E-state index contributed by atoms with van der Waals surface area (Å²) >= 11 is 0. The van der Waals surface area contributed by atoms with Crippen LogP contribution in [0.25, 0.3) is 0 Å². The largest absolute Gasteiger partial charge is 0.497 e. The van der Waals surface area contributed by atoms with Crippen molar-refractivity contribution in [2.45, 2.75) is 19.4 Å². The Labute approximate surface area is 168 Å². The average molecular weight is 397 g/mol. The summed E-state index contributed by atoms with van der Waals surface area (Å²) in [6.07, 6.45) is 0. The molecule has 0 unspecified atom stereocenters. The fourth-order valence-corrected chi connectivity index (χ4v) is 3.15. The van der Waals surface area contributed by atoms with E-state index in [0.29, 0.717) is 22.7 Å². The van der Waals surface area contributed by atoms with Crippen LogP contribution >= 0.6 is 0 Å². The normalized spacial score (nSPS) is 18.4. The van der Waals surface area contributed by atoms with E-state index in [2.05, 4.69) is 10.6 Å². The zero-order valence-electron chi connectivity index (χ0n) is 16.7. The van der Waals surface area contributed by atoms with E-state index in [1.54, 1.807) is 37.3 Å². The maximum absolute atomic E-state index is 12.9. The van der Waals surface area contributed by atoms with Crippen LogP contribution in [0, 0.1) is 6.92 Å². The van der Waals surface area contributed by atoms with E-state index in [1.165, 1.54) is 14.2 Å². The second kappa shape index (κ2) is 7.83. The Morgan fingerprint density at radius 2 is 1.66 bits per heavy atom. The first-order valence-electron chi connectivity index (χ1n) is 9.01. The van der Waals surface area contributed by atoms with Gasteiger partial charge in [0.15, 0.2) is 0 Å². The van der Waals surface area contributed by atoms with E-state index in [1.807, 2.05) is 19.1 Å². The van der Waals surface area contributed by atoms with Gasteiger partial charge < -0.3 is 20.1 Å². The second-order valence-electron chi connectivity index (χ2n) is 6.96. The molecule has 0 spiro atoms. The van der Waals surface area contributed by atoms with Gasteiger partial charge in [-0.05, 0) is 19.4 Å². The maximum Gasteiger partial charge on any atom is 0.325 e. The van der Waals surface area contributed by atoms with Crippen molar-refractivity contribution in [1.82, 2.24) is 10.2 Å². The molecule has 1 atom stereocenters. The number of nitrogens with one attached hydrogen (secondary N) is 2. The predicted molar refractivity (Wildman–Crippen MR) is 107 cm³/mol. The van der Waals surface area contributed by atoms with Gasteiger partial charge in [-0.15, -0.1) is 0 Å². The summed E-state index contributed by atoms with van der Waals surface area (Å²) < 4.78 is 10.3. The minimum atomic E-state index is -1.22. The van der Waals surface area contributed by atoms with Gasteiger partial charge in [-0.2, -0.15) is 0 Å². The number of aryl methyl sites for hydroxylation is 1. The molecule has 4 amide bonds. The summed E-state index contributed by atoms with van der Waals surface area (Å²) in [4.78, 5) is 38.7. The molecule has 0 bridgehead atoms. The first kappa shape index (κ1) is 20.2. The molecule has 29 heavy (non-hydrogen) atoms. The highest BCUT2D eigenvalue weighted by atomic mass is 16.5. The number of amides is 4. The first-order valence-corrected chi connectivity index (χ1v) is 9.01. The number of carbonyl (C=O) groups excluding carboxylic acids is 3. The van der Waals surface area contributed by atoms with Crippen LogP contribution in [0.4, 0.5) is 10.5 Å².